The number of rotatable bonds is 7. The number of esters is 1. The summed E-state index contributed by atoms with van der Waals surface area (Å²) in [6.45, 7) is 1.89. The molecule has 9 heteroatoms. The minimum atomic E-state index is -0.895. The highest BCUT2D eigenvalue weighted by molar-refractivity contribution is 6.33. The van der Waals surface area contributed by atoms with Crippen molar-refractivity contribution in [1.82, 2.24) is 15.3 Å². The molecule has 0 spiro atoms. The van der Waals surface area contributed by atoms with Crippen LogP contribution in [0.4, 0.5) is 5.69 Å². The van der Waals surface area contributed by atoms with Gasteiger partial charge in [0.25, 0.3) is 5.91 Å². The number of hydrogen-bond donors (Lipinski definition) is 3. The maximum atomic E-state index is 12.6. The van der Waals surface area contributed by atoms with E-state index < -0.39 is 17.9 Å². The van der Waals surface area contributed by atoms with Crippen molar-refractivity contribution >= 4 is 29.2 Å². The maximum Gasteiger partial charge on any atom is 0.329 e. The number of H-pyrrole nitrogens is 1. The second-order valence-corrected chi connectivity index (χ2v) is 5.54. The minimum Gasteiger partial charge on any atom is -0.496 e. The zero-order valence-electron chi connectivity index (χ0n) is 13.8. The summed E-state index contributed by atoms with van der Waals surface area (Å²) >= 11 is 5.99. The van der Waals surface area contributed by atoms with Gasteiger partial charge >= 0.3 is 5.97 Å². The fraction of sp³-hybridized carbons (Fsp3) is 0.312. The number of anilines is 1. The van der Waals surface area contributed by atoms with Crippen LogP contribution in [0, 0.1) is 0 Å². The standard InChI is InChI=1S/C16H19ClN4O4/c1-3-25-16(23)13(4-9-7-19-8-20-9)21-15(22)10-5-11(17)12(18)6-14(10)24-2/h5-8,13H,3-4,18H2,1-2H3,(H,19,20)(H,21,22). The average molecular weight is 367 g/mol. The number of ether oxygens (including phenoxy) is 2. The quantitative estimate of drug-likeness (QED) is 0.505. The Labute approximate surface area is 149 Å². The highest BCUT2D eigenvalue weighted by atomic mass is 35.5. The van der Waals surface area contributed by atoms with Crippen LogP contribution < -0.4 is 15.8 Å². The first-order valence-corrected chi connectivity index (χ1v) is 7.91. The highest BCUT2D eigenvalue weighted by Crippen LogP contribution is 2.28. The third-order valence-electron chi connectivity index (χ3n) is 3.42. The minimum absolute atomic E-state index is 0.167. The SMILES string of the molecule is CCOC(=O)C(Cc1cnc[nH]1)NC(=O)c1cc(Cl)c(N)cc1OC. The lowest BCUT2D eigenvalue weighted by molar-refractivity contribution is -0.145. The Morgan fingerprint density at radius 2 is 2.20 bits per heavy atom. The van der Waals surface area contributed by atoms with E-state index >= 15 is 0 Å². The molecule has 1 heterocycles. The molecular weight excluding hydrogens is 348 g/mol. The number of carbonyl (C=O) groups is 2. The average Bonchev–Trinajstić information content (AvgIpc) is 3.09. The molecule has 2 rings (SSSR count). The van der Waals surface area contributed by atoms with Gasteiger partial charge in [-0.1, -0.05) is 11.6 Å². The van der Waals surface area contributed by atoms with Gasteiger partial charge in [-0.2, -0.15) is 0 Å². The Balaban J connectivity index is 2.24. The van der Waals surface area contributed by atoms with E-state index in [2.05, 4.69) is 15.3 Å². The van der Waals surface area contributed by atoms with Crippen molar-refractivity contribution in [2.75, 3.05) is 19.5 Å². The fourth-order valence-corrected chi connectivity index (χ4v) is 2.37. The summed E-state index contributed by atoms with van der Waals surface area (Å²) in [6, 6.07) is 1.95. The molecule has 0 aliphatic carbocycles. The van der Waals surface area contributed by atoms with Gasteiger partial charge in [-0.15, -0.1) is 0 Å². The Hall–Kier alpha value is -2.74. The van der Waals surface area contributed by atoms with Gasteiger partial charge in [0.1, 0.15) is 11.8 Å². The van der Waals surface area contributed by atoms with Crippen molar-refractivity contribution < 1.29 is 19.1 Å². The van der Waals surface area contributed by atoms with Crippen molar-refractivity contribution in [1.29, 1.82) is 0 Å². The van der Waals surface area contributed by atoms with Crippen LogP contribution in [0.1, 0.15) is 23.0 Å². The first kappa shape index (κ1) is 18.6. The summed E-state index contributed by atoms with van der Waals surface area (Å²) < 4.78 is 10.2. The van der Waals surface area contributed by atoms with Gasteiger partial charge < -0.3 is 25.5 Å². The third-order valence-corrected chi connectivity index (χ3v) is 3.75. The first-order chi connectivity index (χ1) is 12.0. The normalized spacial score (nSPS) is 11.6. The van der Waals surface area contributed by atoms with Crippen molar-refractivity contribution in [3.63, 3.8) is 0 Å². The van der Waals surface area contributed by atoms with Crippen molar-refractivity contribution in [3.05, 3.63) is 40.9 Å². The number of nitrogens with zero attached hydrogens (tertiary/aromatic N) is 1. The van der Waals surface area contributed by atoms with Crippen LogP contribution in [0.3, 0.4) is 0 Å². The van der Waals surface area contributed by atoms with Gasteiger partial charge in [0.2, 0.25) is 0 Å². The lowest BCUT2D eigenvalue weighted by Crippen LogP contribution is -2.43. The molecule has 1 amide bonds. The number of carbonyl (C=O) groups excluding carboxylic acids is 2. The largest absolute Gasteiger partial charge is 0.496 e. The predicted octanol–water partition coefficient (Wildman–Crippen LogP) is 1.56. The molecule has 1 aromatic heterocycles. The molecule has 0 aliphatic heterocycles. The number of amides is 1. The maximum absolute atomic E-state index is 12.6. The summed E-state index contributed by atoms with van der Waals surface area (Å²) in [5.74, 6) is -0.828. The van der Waals surface area contributed by atoms with Gasteiger partial charge in [-0.25, -0.2) is 9.78 Å². The smallest absolute Gasteiger partial charge is 0.329 e. The number of nitrogens with one attached hydrogen (secondary N) is 2. The topological polar surface area (TPSA) is 119 Å². The number of nitrogen functional groups attached to an aromatic ring is 1. The predicted molar refractivity (Wildman–Crippen MR) is 92.6 cm³/mol. The number of benzene rings is 1. The molecule has 25 heavy (non-hydrogen) atoms. The van der Waals surface area contributed by atoms with E-state index in [1.54, 1.807) is 13.1 Å². The number of imidazole rings is 1. The van der Waals surface area contributed by atoms with E-state index in [0.717, 1.165) is 0 Å². The molecule has 2 aromatic rings. The van der Waals surface area contributed by atoms with Gasteiger partial charge in [-0.3, -0.25) is 4.79 Å². The zero-order chi connectivity index (χ0) is 18.4. The Kier molecular flexibility index (Phi) is 6.24. The van der Waals surface area contributed by atoms with Crippen LogP contribution in [-0.2, 0) is 16.0 Å². The lowest BCUT2D eigenvalue weighted by Gasteiger charge is -2.18. The van der Waals surface area contributed by atoms with Gasteiger partial charge in [0.05, 0.1) is 36.3 Å². The number of nitrogens with two attached hydrogens (primary N) is 1. The van der Waals surface area contributed by atoms with E-state index in [-0.39, 0.29) is 35.1 Å². The number of hydrogen-bond acceptors (Lipinski definition) is 6. The molecule has 1 unspecified atom stereocenters. The molecule has 0 fully saturated rings. The van der Waals surface area contributed by atoms with Crippen molar-refractivity contribution in [3.8, 4) is 5.75 Å². The molecular formula is C16H19ClN4O4. The van der Waals surface area contributed by atoms with Gasteiger partial charge in [0, 0.05) is 24.4 Å². The molecule has 0 bridgehead atoms. The van der Waals surface area contributed by atoms with Gasteiger partial charge in [-0.05, 0) is 13.0 Å². The van der Waals surface area contributed by atoms with Crippen molar-refractivity contribution in [2.24, 2.45) is 0 Å². The van der Waals surface area contributed by atoms with E-state index in [4.69, 9.17) is 26.8 Å². The lowest BCUT2D eigenvalue weighted by atomic mass is 10.1. The summed E-state index contributed by atoms with van der Waals surface area (Å²) in [5, 5.41) is 2.85. The number of aromatic amines is 1. The Morgan fingerprint density at radius 3 is 2.80 bits per heavy atom. The first-order valence-electron chi connectivity index (χ1n) is 7.54. The van der Waals surface area contributed by atoms with Crippen LogP contribution in [-0.4, -0.2) is 41.6 Å². The Bertz CT molecular complexity index is 749. The van der Waals surface area contributed by atoms with E-state index in [9.17, 15) is 9.59 Å². The molecule has 0 saturated heterocycles. The molecule has 134 valence electrons. The Morgan fingerprint density at radius 1 is 1.44 bits per heavy atom. The van der Waals surface area contributed by atoms with Gasteiger partial charge in [0.15, 0.2) is 0 Å². The van der Waals surface area contributed by atoms with Crippen LogP contribution in [0.15, 0.2) is 24.7 Å². The molecule has 8 nitrogen and oxygen atoms in total. The number of aromatic nitrogens is 2. The summed E-state index contributed by atoms with van der Waals surface area (Å²) in [5.41, 5.74) is 6.85. The van der Waals surface area contributed by atoms with Crippen LogP contribution in [0.25, 0.3) is 0 Å². The van der Waals surface area contributed by atoms with Crippen LogP contribution >= 0.6 is 11.6 Å². The second kappa shape index (κ2) is 8.39. The third kappa shape index (κ3) is 4.63. The number of methoxy groups -OCH3 is 1. The van der Waals surface area contributed by atoms with Crippen LogP contribution in [0.5, 0.6) is 5.75 Å². The van der Waals surface area contributed by atoms with E-state index in [1.165, 1.54) is 25.6 Å². The summed E-state index contributed by atoms with van der Waals surface area (Å²) in [6.07, 6.45) is 3.26. The molecule has 0 radical (unpaired) electrons. The molecule has 1 atom stereocenters. The van der Waals surface area contributed by atoms with Crippen molar-refractivity contribution in [2.45, 2.75) is 19.4 Å². The zero-order valence-corrected chi connectivity index (χ0v) is 14.6. The summed E-state index contributed by atoms with van der Waals surface area (Å²) in [7, 11) is 1.41. The number of halogens is 1. The van der Waals surface area contributed by atoms with E-state index in [0.29, 0.717) is 5.69 Å². The molecule has 0 saturated carbocycles. The second-order valence-electron chi connectivity index (χ2n) is 5.13. The monoisotopic (exact) mass is 366 g/mol. The fourth-order valence-electron chi connectivity index (χ4n) is 2.20. The van der Waals surface area contributed by atoms with Crippen LogP contribution in [0.2, 0.25) is 5.02 Å². The highest BCUT2D eigenvalue weighted by Gasteiger charge is 2.25. The van der Waals surface area contributed by atoms with E-state index in [1.807, 2.05) is 0 Å². The summed E-state index contributed by atoms with van der Waals surface area (Å²) in [4.78, 5) is 31.6. The molecule has 1 aromatic carbocycles. The molecule has 4 N–H and O–H groups in total. The molecule has 0 aliphatic rings.